The van der Waals surface area contributed by atoms with Gasteiger partial charge in [0, 0.05) is 37.9 Å². The van der Waals surface area contributed by atoms with Gasteiger partial charge in [0.05, 0.1) is 6.04 Å². The molecule has 1 unspecified atom stereocenters. The molecule has 2 amide bonds. The summed E-state index contributed by atoms with van der Waals surface area (Å²) in [6.45, 7) is 3.39. The minimum absolute atomic E-state index is 0.0527. The van der Waals surface area contributed by atoms with Gasteiger partial charge in [0.25, 0.3) is 0 Å². The molecule has 3 rings (SSSR count). The minimum Gasteiger partial charge on any atom is -0.338 e. The third-order valence-electron chi connectivity index (χ3n) is 4.49. The van der Waals surface area contributed by atoms with Crippen LogP contribution in [-0.4, -0.2) is 41.2 Å². The number of rotatable bonds is 4. The van der Waals surface area contributed by atoms with E-state index in [2.05, 4.69) is 6.07 Å². The maximum atomic E-state index is 12.6. The molecule has 1 aliphatic rings. The first-order valence-corrected chi connectivity index (χ1v) is 9.15. The lowest BCUT2D eigenvalue weighted by molar-refractivity contribution is -0.141. The quantitative estimate of drug-likeness (QED) is 0.856. The topological polar surface area (TPSA) is 40.6 Å². The number of carbonyl (C=O) groups is 2. The molecule has 0 radical (unpaired) electrons. The molecule has 1 saturated heterocycles. The van der Waals surface area contributed by atoms with Crippen molar-refractivity contribution < 1.29 is 9.59 Å². The molecule has 0 N–H and O–H groups in total. The normalized spacial score (nSPS) is 17.8. The lowest BCUT2D eigenvalue weighted by Crippen LogP contribution is -2.51. The van der Waals surface area contributed by atoms with Crippen molar-refractivity contribution in [2.75, 3.05) is 19.6 Å². The summed E-state index contributed by atoms with van der Waals surface area (Å²) in [6.07, 6.45) is 1.32. The summed E-state index contributed by atoms with van der Waals surface area (Å²) >= 11 is 1.69. The second-order valence-electron chi connectivity index (χ2n) is 6.06. The maximum absolute atomic E-state index is 12.6. The lowest BCUT2D eigenvalue weighted by Gasteiger charge is -2.41. The zero-order valence-corrected chi connectivity index (χ0v) is 14.7. The molecule has 24 heavy (non-hydrogen) atoms. The van der Waals surface area contributed by atoms with Gasteiger partial charge in [-0.2, -0.15) is 0 Å². The van der Waals surface area contributed by atoms with E-state index < -0.39 is 0 Å². The van der Waals surface area contributed by atoms with E-state index in [-0.39, 0.29) is 17.9 Å². The van der Waals surface area contributed by atoms with Crippen LogP contribution in [0.1, 0.15) is 29.8 Å². The summed E-state index contributed by atoms with van der Waals surface area (Å²) < 4.78 is 0. The number of thiophene rings is 1. The molecule has 1 atom stereocenters. The van der Waals surface area contributed by atoms with E-state index in [0.717, 1.165) is 12.0 Å². The highest BCUT2D eigenvalue weighted by molar-refractivity contribution is 7.09. The van der Waals surface area contributed by atoms with Crippen molar-refractivity contribution in [3.8, 4) is 0 Å². The van der Waals surface area contributed by atoms with Crippen LogP contribution in [0, 0.1) is 0 Å². The molecule has 0 saturated carbocycles. The number of benzene rings is 1. The van der Waals surface area contributed by atoms with Crippen LogP contribution in [0.4, 0.5) is 0 Å². The standard InChI is InChI=1S/C19H22N2O2S/c1-15(22)21-12-11-20(14-18(21)16-6-3-2-4-7-16)19(23)10-9-17-8-5-13-24-17/h2-8,13,18H,9-12,14H2,1H3. The first kappa shape index (κ1) is 16.7. The van der Waals surface area contributed by atoms with E-state index in [1.165, 1.54) is 4.88 Å². The Labute approximate surface area is 146 Å². The Morgan fingerprint density at radius 1 is 1.12 bits per heavy atom. The monoisotopic (exact) mass is 342 g/mol. The zero-order valence-electron chi connectivity index (χ0n) is 13.9. The number of aryl methyl sites for hydroxylation is 1. The fourth-order valence-electron chi connectivity index (χ4n) is 3.19. The third kappa shape index (κ3) is 3.85. The molecule has 4 nitrogen and oxygen atoms in total. The lowest BCUT2D eigenvalue weighted by atomic mass is 10.0. The predicted octanol–water partition coefficient (Wildman–Crippen LogP) is 3.11. The molecule has 1 fully saturated rings. The molecule has 0 spiro atoms. The van der Waals surface area contributed by atoms with Crippen molar-refractivity contribution in [3.05, 3.63) is 58.3 Å². The Balaban J connectivity index is 1.68. The average Bonchev–Trinajstić information content (AvgIpc) is 3.13. The molecule has 1 aliphatic heterocycles. The van der Waals surface area contributed by atoms with Crippen molar-refractivity contribution in [3.63, 3.8) is 0 Å². The van der Waals surface area contributed by atoms with E-state index in [1.54, 1.807) is 18.3 Å². The molecular weight excluding hydrogens is 320 g/mol. The Bertz CT molecular complexity index is 685. The molecule has 0 bridgehead atoms. The van der Waals surface area contributed by atoms with Crippen LogP contribution in [0.2, 0.25) is 0 Å². The van der Waals surface area contributed by atoms with E-state index in [1.807, 2.05) is 51.6 Å². The van der Waals surface area contributed by atoms with Gasteiger partial charge in [-0.05, 0) is 23.4 Å². The van der Waals surface area contributed by atoms with Crippen molar-refractivity contribution in [1.82, 2.24) is 9.80 Å². The number of hydrogen-bond acceptors (Lipinski definition) is 3. The van der Waals surface area contributed by atoms with E-state index >= 15 is 0 Å². The summed E-state index contributed by atoms with van der Waals surface area (Å²) in [5.41, 5.74) is 1.09. The van der Waals surface area contributed by atoms with Crippen LogP contribution in [0.5, 0.6) is 0 Å². The number of amides is 2. The molecule has 0 aliphatic carbocycles. The van der Waals surface area contributed by atoms with Gasteiger partial charge in [0.15, 0.2) is 0 Å². The summed E-state index contributed by atoms with van der Waals surface area (Å²) in [7, 11) is 0. The Morgan fingerprint density at radius 2 is 1.92 bits per heavy atom. The largest absolute Gasteiger partial charge is 0.338 e. The SMILES string of the molecule is CC(=O)N1CCN(C(=O)CCc2cccs2)CC1c1ccccc1. The first-order chi connectivity index (χ1) is 11.6. The van der Waals surface area contributed by atoms with Gasteiger partial charge in [-0.1, -0.05) is 36.4 Å². The maximum Gasteiger partial charge on any atom is 0.223 e. The summed E-state index contributed by atoms with van der Waals surface area (Å²) in [6, 6.07) is 14.0. The Kier molecular flexibility index (Phi) is 5.30. The highest BCUT2D eigenvalue weighted by Crippen LogP contribution is 2.26. The number of hydrogen-bond donors (Lipinski definition) is 0. The van der Waals surface area contributed by atoms with Crippen LogP contribution < -0.4 is 0 Å². The van der Waals surface area contributed by atoms with Crippen molar-refractivity contribution in [2.45, 2.75) is 25.8 Å². The minimum atomic E-state index is -0.0527. The number of piperazine rings is 1. The van der Waals surface area contributed by atoms with Gasteiger partial charge in [-0.25, -0.2) is 0 Å². The summed E-state index contributed by atoms with van der Waals surface area (Å²) in [5.74, 6) is 0.238. The van der Waals surface area contributed by atoms with Crippen LogP contribution in [0.3, 0.4) is 0 Å². The fourth-order valence-corrected chi connectivity index (χ4v) is 3.90. The average molecular weight is 342 g/mol. The Morgan fingerprint density at radius 3 is 2.58 bits per heavy atom. The molecule has 2 aromatic rings. The van der Waals surface area contributed by atoms with Gasteiger partial charge in [-0.15, -0.1) is 11.3 Å². The third-order valence-corrected chi connectivity index (χ3v) is 5.42. The fraction of sp³-hybridized carbons (Fsp3) is 0.368. The van der Waals surface area contributed by atoms with Gasteiger partial charge in [-0.3, -0.25) is 9.59 Å². The van der Waals surface area contributed by atoms with Crippen molar-refractivity contribution >= 4 is 23.2 Å². The highest BCUT2D eigenvalue weighted by Gasteiger charge is 2.31. The van der Waals surface area contributed by atoms with Gasteiger partial charge in [0.1, 0.15) is 0 Å². The van der Waals surface area contributed by atoms with Gasteiger partial charge in [0.2, 0.25) is 11.8 Å². The smallest absolute Gasteiger partial charge is 0.223 e. The molecule has 1 aromatic heterocycles. The number of carbonyl (C=O) groups excluding carboxylic acids is 2. The zero-order chi connectivity index (χ0) is 16.9. The Hall–Kier alpha value is -2.14. The second-order valence-corrected chi connectivity index (χ2v) is 7.09. The summed E-state index contributed by atoms with van der Waals surface area (Å²) in [5, 5.41) is 2.04. The van der Waals surface area contributed by atoms with Crippen LogP contribution in [0.15, 0.2) is 47.8 Å². The van der Waals surface area contributed by atoms with E-state index in [0.29, 0.717) is 26.1 Å². The van der Waals surface area contributed by atoms with Crippen LogP contribution in [-0.2, 0) is 16.0 Å². The second kappa shape index (κ2) is 7.62. The predicted molar refractivity (Wildman–Crippen MR) is 95.8 cm³/mol. The van der Waals surface area contributed by atoms with Crippen LogP contribution >= 0.6 is 11.3 Å². The van der Waals surface area contributed by atoms with Gasteiger partial charge < -0.3 is 9.80 Å². The molecule has 2 heterocycles. The molecule has 1 aromatic carbocycles. The van der Waals surface area contributed by atoms with Crippen molar-refractivity contribution in [1.29, 1.82) is 0 Å². The number of nitrogens with zero attached hydrogens (tertiary/aromatic N) is 2. The molecule has 126 valence electrons. The summed E-state index contributed by atoms with van der Waals surface area (Å²) in [4.78, 5) is 29.6. The molecule has 5 heteroatoms. The van der Waals surface area contributed by atoms with Crippen molar-refractivity contribution in [2.24, 2.45) is 0 Å². The highest BCUT2D eigenvalue weighted by atomic mass is 32.1. The van der Waals surface area contributed by atoms with Gasteiger partial charge >= 0.3 is 0 Å². The van der Waals surface area contributed by atoms with Crippen LogP contribution in [0.25, 0.3) is 0 Å². The van der Waals surface area contributed by atoms with E-state index in [9.17, 15) is 9.59 Å². The van der Waals surface area contributed by atoms with E-state index in [4.69, 9.17) is 0 Å². The molecular formula is C19H22N2O2S. The first-order valence-electron chi connectivity index (χ1n) is 8.27.